The number of piperidine rings is 1. The SMILES string of the molecule is CCCCCCCCCCCCCCCCCCOCC1CC(C)(C)NC(C)(C)C1. The molecule has 0 aromatic carbocycles. The van der Waals surface area contributed by atoms with Crippen molar-refractivity contribution < 1.29 is 4.74 Å². The van der Waals surface area contributed by atoms with Gasteiger partial charge < -0.3 is 10.1 Å². The van der Waals surface area contributed by atoms with Gasteiger partial charge in [0.05, 0.1) is 0 Å². The van der Waals surface area contributed by atoms with E-state index in [1.807, 2.05) is 0 Å². The summed E-state index contributed by atoms with van der Waals surface area (Å²) in [5.74, 6) is 0.706. The quantitative estimate of drug-likeness (QED) is 0.209. The minimum Gasteiger partial charge on any atom is -0.381 e. The Morgan fingerprint density at radius 2 is 0.967 bits per heavy atom. The highest BCUT2D eigenvalue weighted by molar-refractivity contribution is 4.96. The van der Waals surface area contributed by atoms with Gasteiger partial charge in [-0.15, -0.1) is 0 Å². The zero-order valence-corrected chi connectivity index (χ0v) is 21.6. The van der Waals surface area contributed by atoms with Crippen molar-refractivity contribution in [1.29, 1.82) is 0 Å². The first-order valence-corrected chi connectivity index (χ1v) is 13.7. The maximum absolute atomic E-state index is 6.05. The van der Waals surface area contributed by atoms with E-state index in [0.29, 0.717) is 5.92 Å². The van der Waals surface area contributed by atoms with Crippen LogP contribution in [-0.4, -0.2) is 24.3 Å². The monoisotopic (exact) mass is 423 g/mol. The van der Waals surface area contributed by atoms with Crippen molar-refractivity contribution in [2.75, 3.05) is 13.2 Å². The van der Waals surface area contributed by atoms with Gasteiger partial charge in [0, 0.05) is 24.3 Å². The van der Waals surface area contributed by atoms with Crippen LogP contribution in [0.15, 0.2) is 0 Å². The van der Waals surface area contributed by atoms with Gasteiger partial charge in [0.15, 0.2) is 0 Å². The molecule has 0 radical (unpaired) electrons. The average molecular weight is 424 g/mol. The summed E-state index contributed by atoms with van der Waals surface area (Å²) < 4.78 is 6.05. The molecule has 0 aromatic heterocycles. The Balaban J connectivity index is 1.80. The van der Waals surface area contributed by atoms with Crippen LogP contribution in [0.1, 0.15) is 150 Å². The third-order valence-electron chi connectivity index (χ3n) is 6.77. The molecule has 1 N–H and O–H groups in total. The Morgan fingerprint density at radius 3 is 1.37 bits per heavy atom. The van der Waals surface area contributed by atoms with Gasteiger partial charge in [0.2, 0.25) is 0 Å². The molecule has 30 heavy (non-hydrogen) atoms. The minimum absolute atomic E-state index is 0.240. The minimum atomic E-state index is 0.240. The van der Waals surface area contributed by atoms with Crippen LogP contribution in [0.25, 0.3) is 0 Å². The van der Waals surface area contributed by atoms with Gasteiger partial charge in [-0.25, -0.2) is 0 Å². The van der Waals surface area contributed by atoms with Gasteiger partial charge >= 0.3 is 0 Å². The fourth-order valence-corrected chi connectivity index (χ4v) is 5.65. The van der Waals surface area contributed by atoms with Crippen molar-refractivity contribution in [2.24, 2.45) is 5.92 Å². The highest BCUT2D eigenvalue weighted by atomic mass is 16.5. The fourth-order valence-electron chi connectivity index (χ4n) is 5.65. The van der Waals surface area contributed by atoms with E-state index >= 15 is 0 Å². The lowest BCUT2D eigenvalue weighted by atomic mass is 9.76. The van der Waals surface area contributed by atoms with E-state index in [9.17, 15) is 0 Å². The molecule has 2 nitrogen and oxygen atoms in total. The summed E-state index contributed by atoms with van der Waals surface area (Å²) in [6.07, 6.45) is 25.3. The van der Waals surface area contributed by atoms with Crippen LogP contribution in [0.5, 0.6) is 0 Å². The summed E-state index contributed by atoms with van der Waals surface area (Å²) in [6, 6.07) is 0. The molecule has 0 bridgehead atoms. The molecule has 0 saturated carbocycles. The zero-order chi connectivity index (χ0) is 22.1. The first kappa shape index (κ1) is 28.0. The number of unbranched alkanes of at least 4 members (excludes halogenated alkanes) is 15. The highest BCUT2D eigenvalue weighted by Gasteiger charge is 2.37. The molecular weight excluding hydrogens is 366 g/mol. The van der Waals surface area contributed by atoms with Gasteiger partial charge in [-0.1, -0.05) is 103 Å². The summed E-state index contributed by atoms with van der Waals surface area (Å²) in [4.78, 5) is 0. The van der Waals surface area contributed by atoms with E-state index < -0.39 is 0 Å². The van der Waals surface area contributed by atoms with E-state index in [1.54, 1.807) is 0 Å². The topological polar surface area (TPSA) is 21.3 Å². The smallest absolute Gasteiger partial charge is 0.0495 e. The number of hydrogen-bond acceptors (Lipinski definition) is 2. The molecular formula is C28H57NO. The van der Waals surface area contributed by atoms with Gasteiger partial charge in [-0.3, -0.25) is 0 Å². The van der Waals surface area contributed by atoms with Gasteiger partial charge in [0.1, 0.15) is 0 Å². The van der Waals surface area contributed by atoms with Crippen LogP contribution in [-0.2, 0) is 4.74 Å². The van der Waals surface area contributed by atoms with E-state index in [0.717, 1.165) is 13.2 Å². The molecule has 0 aromatic rings. The number of nitrogens with one attached hydrogen (secondary N) is 1. The molecule has 180 valence electrons. The molecule has 0 aliphatic carbocycles. The third kappa shape index (κ3) is 15.7. The molecule has 1 fully saturated rings. The normalized spacial score (nSPS) is 18.7. The molecule has 0 unspecified atom stereocenters. The summed E-state index contributed by atoms with van der Waals surface area (Å²) in [5, 5.41) is 3.77. The summed E-state index contributed by atoms with van der Waals surface area (Å²) >= 11 is 0. The maximum Gasteiger partial charge on any atom is 0.0495 e. The Bertz CT molecular complexity index is 374. The molecule has 1 aliphatic rings. The largest absolute Gasteiger partial charge is 0.381 e. The molecule has 1 rings (SSSR count). The van der Waals surface area contributed by atoms with E-state index in [4.69, 9.17) is 4.74 Å². The summed E-state index contributed by atoms with van der Waals surface area (Å²) in [6.45, 7) is 13.5. The lowest BCUT2D eigenvalue weighted by molar-refractivity contribution is 0.0393. The van der Waals surface area contributed by atoms with Gasteiger partial charge in [0.25, 0.3) is 0 Å². The highest BCUT2D eigenvalue weighted by Crippen LogP contribution is 2.32. The maximum atomic E-state index is 6.05. The second-order valence-corrected chi connectivity index (χ2v) is 11.5. The van der Waals surface area contributed by atoms with E-state index in [1.165, 1.54) is 116 Å². The fraction of sp³-hybridized carbons (Fsp3) is 1.00. The predicted molar refractivity (Wildman–Crippen MR) is 134 cm³/mol. The lowest BCUT2D eigenvalue weighted by Gasteiger charge is -2.46. The van der Waals surface area contributed by atoms with Gasteiger partial charge in [-0.05, 0) is 52.9 Å². The van der Waals surface area contributed by atoms with Crippen LogP contribution in [0.2, 0.25) is 0 Å². The Hall–Kier alpha value is -0.0800. The van der Waals surface area contributed by atoms with Crippen LogP contribution >= 0.6 is 0 Å². The van der Waals surface area contributed by atoms with Crippen LogP contribution in [0.3, 0.4) is 0 Å². The zero-order valence-electron chi connectivity index (χ0n) is 21.6. The molecule has 0 amide bonds. The van der Waals surface area contributed by atoms with Crippen LogP contribution < -0.4 is 5.32 Å². The number of hydrogen-bond donors (Lipinski definition) is 1. The third-order valence-corrected chi connectivity index (χ3v) is 6.77. The molecule has 1 aliphatic heterocycles. The number of rotatable bonds is 19. The molecule has 0 spiro atoms. The van der Waals surface area contributed by atoms with Crippen molar-refractivity contribution >= 4 is 0 Å². The first-order valence-electron chi connectivity index (χ1n) is 13.7. The number of ether oxygens (including phenoxy) is 1. The predicted octanol–water partition coefficient (Wildman–Crippen LogP) is 8.82. The Morgan fingerprint density at radius 1 is 0.600 bits per heavy atom. The van der Waals surface area contributed by atoms with Crippen molar-refractivity contribution in [3.63, 3.8) is 0 Å². The molecule has 2 heteroatoms. The summed E-state index contributed by atoms with van der Waals surface area (Å²) in [7, 11) is 0. The second kappa shape index (κ2) is 16.5. The van der Waals surface area contributed by atoms with Crippen molar-refractivity contribution in [2.45, 2.75) is 161 Å². The van der Waals surface area contributed by atoms with E-state index in [-0.39, 0.29) is 11.1 Å². The second-order valence-electron chi connectivity index (χ2n) is 11.5. The molecule has 0 atom stereocenters. The van der Waals surface area contributed by atoms with E-state index in [2.05, 4.69) is 39.9 Å². The summed E-state index contributed by atoms with van der Waals surface area (Å²) in [5.41, 5.74) is 0.480. The molecule has 1 heterocycles. The van der Waals surface area contributed by atoms with Gasteiger partial charge in [-0.2, -0.15) is 0 Å². The first-order chi connectivity index (χ1) is 14.3. The molecule has 1 saturated heterocycles. The lowest BCUT2D eigenvalue weighted by Crippen LogP contribution is -2.58. The van der Waals surface area contributed by atoms with Crippen molar-refractivity contribution in [1.82, 2.24) is 5.32 Å². The average Bonchev–Trinajstić information content (AvgIpc) is 2.64. The Kier molecular flexibility index (Phi) is 15.4. The van der Waals surface area contributed by atoms with Crippen LogP contribution in [0.4, 0.5) is 0 Å². The van der Waals surface area contributed by atoms with Crippen molar-refractivity contribution in [3.8, 4) is 0 Å². The van der Waals surface area contributed by atoms with Crippen LogP contribution in [0, 0.1) is 5.92 Å². The standard InChI is InChI=1S/C28H57NO/c1-6-7-8-9-10-11-12-13-14-15-16-17-18-19-20-21-22-30-25-26-23-27(2,3)29-28(4,5)24-26/h26,29H,6-25H2,1-5H3. The Labute approximate surface area is 190 Å². The van der Waals surface area contributed by atoms with Crippen molar-refractivity contribution in [3.05, 3.63) is 0 Å².